The van der Waals surface area contributed by atoms with Crippen molar-refractivity contribution in [3.63, 3.8) is 0 Å². The van der Waals surface area contributed by atoms with Gasteiger partial charge >= 0.3 is 5.97 Å². The lowest BCUT2D eigenvalue weighted by Gasteiger charge is -2.09. The Kier molecular flexibility index (Phi) is 4.34. The van der Waals surface area contributed by atoms with E-state index in [0.717, 1.165) is 0 Å². The summed E-state index contributed by atoms with van der Waals surface area (Å²) in [5.41, 5.74) is 0.633. The molecule has 0 aliphatic heterocycles. The molecule has 1 atom stereocenters. The third-order valence-electron chi connectivity index (χ3n) is 2.04. The first-order valence-electron chi connectivity index (χ1n) is 4.88. The minimum Gasteiger partial charge on any atom is -0.506 e. The molecule has 0 fully saturated rings. The molecule has 0 spiro atoms. The summed E-state index contributed by atoms with van der Waals surface area (Å²) in [5.74, 6) is -1.59. The summed E-state index contributed by atoms with van der Waals surface area (Å²) in [6.07, 6.45) is -0.181. The van der Waals surface area contributed by atoms with Crippen molar-refractivity contribution in [2.75, 3.05) is 5.32 Å². The lowest BCUT2D eigenvalue weighted by Crippen LogP contribution is -2.20. The number of aromatic hydroxyl groups is 1. The first kappa shape index (κ1) is 13.3. The fourth-order valence-corrected chi connectivity index (χ4v) is 1.25. The van der Waals surface area contributed by atoms with Crippen LogP contribution in [0.1, 0.15) is 12.5 Å². The second kappa shape index (κ2) is 5.54. The Labute approximate surface area is 103 Å². The number of hydrogen-bond acceptors (Lipinski definition) is 3. The molecule has 1 rings (SSSR count). The van der Waals surface area contributed by atoms with Crippen LogP contribution < -0.4 is 5.32 Å². The fourth-order valence-electron chi connectivity index (χ4n) is 1.20. The van der Waals surface area contributed by atoms with Crippen LogP contribution >= 0.6 is 11.6 Å². The maximum Gasteiger partial charge on any atom is 0.307 e. The van der Waals surface area contributed by atoms with E-state index in [1.54, 1.807) is 0 Å². The van der Waals surface area contributed by atoms with Crippen molar-refractivity contribution in [2.45, 2.75) is 18.7 Å². The van der Waals surface area contributed by atoms with Gasteiger partial charge in [0, 0.05) is 0 Å². The van der Waals surface area contributed by atoms with Gasteiger partial charge in [0.2, 0.25) is 5.91 Å². The van der Waals surface area contributed by atoms with Crippen LogP contribution in [0.25, 0.3) is 0 Å². The van der Waals surface area contributed by atoms with Crippen molar-refractivity contribution in [1.82, 2.24) is 0 Å². The lowest BCUT2D eigenvalue weighted by atomic mass is 10.1. The second-order valence-electron chi connectivity index (χ2n) is 3.53. The average molecular weight is 258 g/mol. The highest BCUT2D eigenvalue weighted by Crippen LogP contribution is 2.24. The fraction of sp³-hybridized carbons (Fsp3) is 0.273. The van der Waals surface area contributed by atoms with E-state index in [0.29, 0.717) is 5.56 Å². The van der Waals surface area contributed by atoms with Gasteiger partial charge in [0.1, 0.15) is 11.1 Å². The van der Waals surface area contributed by atoms with Crippen molar-refractivity contribution in [3.8, 4) is 5.75 Å². The maximum absolute atomic E-state index is 11.3. The zero-order chi connectivity index (χ0) is 13.0. The third kappa shape index (κ3) is 3.96. The molecule has 1 unspecified atom stereocenters. The number of aliphatic carboxylic acids is 1. The van der Waals surface area contributed by atoms with E-state index in [4.69, 9.17) is 16.7 Å². The van der Waals surface area contributed by atoms with Crippen molar-refractivity contribution < 1.29 is 19.8 Å². The van der Waals surface area contributed by atoms with Gasteiger partial charge < -0.3 is 15.5 Å². The number of anilines is 1. The van der Waals surface area contributed by atoms with Crippen molar-refractivity contribution in [2.24, 2.45) is 0 Å². The molecule has 6 heteroatoms. The molecule has 0 radical (unpaired) electrons. The van der Waals surface area contributed by atoms with Gasteiger partial charge in [-0.3, -0.25) is 9.59 Å². The summed E-state index contributed by atoms with van der Waals surface area (Å²) >= 11 is 5.57. The molecule has 5 nitrogen and oxygen atoms in total. The van der Waals surface area contributed by atoms with Crippen LogP contribution in [0.4, 0.5) is 5.69 Å². The highest BCUT2D eigenvalue weighted by Gasteiger charge is 2.12. The number of amides is 1. The topological polar surface area (TPSA) is 86.6 Å². The van der Waals surface area contributed by atoms with Crippen LogP contribution in [0.2, 0.25) is 0 Å². The number of carboxylic acid groups (broad SMARTS) is 1. The summed E-state index contributed by atoms with van der Waals surface area (Å²) in [6, 6.07) is 4.21. The first-order valence-corrected chi connectivity index (χ1v) is 5.32. The predicted octanol–water partition coefficient (Wildman–Crippen LogP) is 1.59. The molecule has 0 aliphatic carbocycles. The number of halogens is 1. The number of carbonyl (C=O) groups excluding carboxylic acids is 1. The van der Waals surface area contributed by atoms with E-state index in [1.165, 1.54) is 25.1 Å². The van der Waals surface area contributed by atoms with Gasteiger partial charge in [-0.1, -0.05) is 6.07 Å². The Balaban J connectivity index is 2.90. The summed E-state index contributed by atoms with van der Waals surface area (Å²) in [6.45, 7) is 1.50. The van der Waals surface area contributed by atoms with E-state index in [2.05, 4.69) is 5.32 Å². The number of alkyl halides is 1. The van der Waals surface area contributed by atoms with E-state index >= 15 is 0 Å². The number of nitrogens with one attached hydrogen (secondary N) is 1. The maximum atomic E-state index is 11.3. The van der Waals surface area contributed by atoms with Gasteiger partial charge in [0.25, 0.3) is 0 Å². The molecule has 1 aromatic rings. The van der Waals surface area contributed by atoms with Crippen LogP contribution in [0, 0.1) is 0 Å². The Hall–Kier alpha value is -1.75. The molecular formula is C11H12ClNO4. The Morgan fingerprint density at radius 2 is 2.12 bits per heavy atom. The number of phenols is 1. The lowest BCUT2D eigenvalue weighted by molar-refractivity contribution is -0.136. The quantitative estimate of drug-likeness (QED) is 0.565. The zero-order valence-electron chi connectivity index (χ0n) is 9.11. The largest absolute Gasteiger partial charge is 0.506 e. The van der Waals surface area contributed by atoms with Crippen molar-refractivity contribution >= 4 is 29.2 Å². The highest BCUT2D eigenvalue weighted by molar-refractivity contribution is 6.32. The van der Waals surface area contributed by atoms with E-state index < -0.39 is 17.3 Å². The standard InChI is InChI=1S/C11H12ClNO4/c1-6(12)11(17)13-8-4-7(5-10(15)16)2-3-9(8)14/h2-4,6,14H,5H2,1H3,(H,13,17)(H,15,16). The summed E-state index contributed by atoms with van der Waals surface area (Å²) in [4.78, 5) is 21.9. The molecule has 0 heterocycles. The molecule has 0 aromatic heterocycles. The molecule has 1 amide bonds. The smallest absolute Gasteiger partial charge is 0.307 e. The van der Waals surface area contributed by atoms with Crippen LogP contribution in [0.15, 0.2) is 18.2 Å². The summed E-state index contributed by atoms with van der Waals surface area (Å²) < 4.78 is 0. The number of carbonyl (C=O) groups is 2. The number of phenolic OH excluding ortho intramolecular Hbond substituents is 1. The number of rotatable bonds is 4. The number of hydrogen-bond donors (Lipinski definition) is 3. The summed E-state index contributed by atoms with van der Waals surface area (Å²) in [5, 5.41) is 19.8. The highest BCUT2D eigenvalue weighted by atomic mass is 35.5. The van der Waals surface area contributed by atoms with Gasteiger partial charge in [-0.25, -0.2) is 0 Å². The van der Waals surface area contributed by atoms with E-state index in [-0.39, 0.29) is 17.9 Å². The minimum absolute atomic E-state index is 0.134. The van der Waals surface area contributed by atoms with Gasteiger partial charge in [-0.2, -0.15) is 0 Å². The van der Waals surface area contributed by atoms with Crippen molar-refractivity contribution in [3.05, 3.63) is 23.8 Å². The molecule has 92 valence electrons. The van der Waals surface area contributed by atoms with Crippen LogP contribution in [-0.2, 0) is 16.0 Å². The number of benzene rings is 1. The van der Waals surface area contributed by atoms with Gasteiger partial charge in [-0.15, -0.1) is 11.6 Å². The predicted molar refractivity (Wildman–Crippen MR) is 63.4 cm³/mol. The van der Waals surface area contributed by atoms with Crippen LogP contribution in [-0.4, -0.2) is 27.5 Å². The van der Waals surface area contributed by atoms with Gasteiger partial charge in [-0.05, 0) is 24.6 Å². The molecule has 0 aliphatic rings. The Morgan fingerprint density at radius 1 is 1.47 bits per heavy atom. The molecule has 17 heavy (non-hydrogen) atoms. The van der Waals surface area contributed by atoms with Crippen LogP contribution in [0.3, 0.4) is 0 Å². The van der Waals surface area contributed by atoms with Crippen LogP contribution in [0.5, 0.6) is 5.75 Å². The molecule has 0 bridgehead atoms. The third-order valence-corrected chi connectivity index (χ3v) is 2.23. The zero-order valence-corrected chi connectivity index (χ0v) is 9.86. The average Bonchev–Trinajstić information content (AvgIpc) is 2.22. The molecule has 1 aromatic carbocycles. The Bertz CT molecular complexity index is 445. The minimum atomic E-state index is -0.987. The first-order chi connectivity index (χ1) is 7.90. The Morgan fingerprint density at radius 3 is 2.65 bits per heavy atom. The molecule has 0 saturated carbocycles. The molecule has 3 N–H and O–H groups in total. The van der Waals surface area contributed by atoms with E-state index in [9.17, 15) is 14.7 Å². The normalized spacial score (nSPS) is 11.9. The van der Waals surface area contributed by atoms with Gasteiger partial charge in [0.15, 0.2) is 0 Å². The molecular weight excluding hydrogens is 246 g/mol. The SMILES string of the molecule is CC(Cl)C(=O)Nc1cc(CC(=O)O)ccc1O. The molecule has 0 saturated heterocycles. The van der Waals surface area contributed by atoms with E-state index in [1.807, 2.05) is 0 Å². The second-order valence-corrected chi connectivity index (χ2v) is 4.18. The summed E-state index contributed by atoms with van der Waals surface area (Å²) in [7, 11) is 0. The number of carboxylic acids is 1. The van der Waals surface area contributed by atoms with Crippen molar-refractivity contribution in [1.29, 1.82) is 0 Å². The van der Waals surface area contributed by atoms with Gasteiger partial charge in [0.05, 0.1) is 12.1 Å². The monoisotopic (exact) mass is 257 g/mol.